The molecule has 19 heavy (non-hydrogen) atoms. The molecule has 0 atom stereocenters. The van der Waals surface area contributed by atoms with Crippen LogP contribution in [-0.2, 0) is 6.42 Å². The van der Waals surface area contributed by atoms with Crippen molar-refractivity contribution in [2.45, 2.75) is 6.42 Å². The van der Waals surface area contributed by atoms with Gasteiger partial charge in [-0.1, -0.05) is 35.3 Å². The first-order valence-corrected chi connectivity index (χ1v) is 6.37. The largest absolute Gasteiger partial charge is 0.508 e. The molecular weight excluding hydrogens is 290 g/mol. The maximum Gasteiger partial charge on any atom is 0.156 e. The Morgan fingerprint density at radius 1 is 1.05 bits per heavy atom. The molecule has 0 aromatic heterocycles. The Labute approximate surface area is 120 Å². The normalized spacial score (nSPS) is 10.5. The van der Waals surface area contributed by atoms with E-state index in [0.717, 1.165) is 5.56 Å². The first-order chi connectivity index (χ1) is 9.06. The summed E-state index contributed by atoms with van der Waals surface area (Å²) in [6.45, 7) is 0.357. The standard InChI is InChI=1S/C14H11Cl2FO2/c15-12-7-11(18)8-13(16)14(12)19-6-5-9-1-3-10(17)4-2-9/h1-4,7-8,18H,5-6H2. The Morgan fingerprint density at radius 2 is 1.63 bits per heavy atom. The highest BCUT2D eigenvalue weighted by Gasteiger charge is 2.09. The zero-order chi connectivity index (χ0) is 13.8. The minimum Gasteiger partial charge on any atom is -0.508 e. The van der Waals surface area contributed by atoms with E-state index < -0.39 is 0 Å². The van der Waals surface area contributed by atoms with Crippen molar-refractivity contribution in [3.8, 4) is 11.5 Å². The summed E-state index contributed by atoms with van der Waals surface area (Å²) < 4.78 is 18.2. The number of halogens is 3. The van der Waals surface area contributed by atoms with Crippen molar-refractivity contribution in [2.24, 2.45) is 0 Å². The molecule has 0 radical (unpaired) electrons. The van der Waals surface area contributed by atoms with Gasteiger partial charge in [-0.15, -0.1) is 0 Å². The third-order valence-corrected chi connectivity index (χ3v) is 3.09. The van der Waals surface area contributed by atoms with Crippen molar-refractivity contribution in [3.63, 3.8) is 0 Å². The molecule has 2 aromatic carbocycles. The van der Waals surface area contributed by atoms with Crippen LogP contribution in [0, 0.1) is 5.82 Å². The van der Waals surface area contributed by atoms with Gasteiger partial charge in [-0.2, -0.15) is 0 Å². The highest BCUT2D eigenvalue weighted by atomic mass is 35.5. The molecule has 0 bridgehead atoms. The molecule has 0 unspecified atom stereocenters. The maximum absolute atomic E-state index is 12.7. The Balaban J connectivity index is 1.98. The summed E-state index contributed by atoms with van der Waals surface area (Å²) in [6, 6.07) is 8.91. The zero-order valence-corrected chi connectivity index (χ0v) is 11.4. The summed E-state index contributed by atoms with van der Waals surface area (Å²) in [5.41, 5.74) is 0.951. The number of phenols is 1. The van der Waals surface area contributed by atoms with Crippen LogP contribution in [0.25, 0.3) is 0 Å². The lowest BCUT2D eigenvalue weighted by Gasteiger charge is -2.10. The third kappa shape index (κ3) is 3.75. The molecule has 5 heteroatoms. The first kappa shape index (κ1) is 14.0. The predicted octanol–water partition coefficient (Wildman–Crippen LogP) is 4.46. The van der Waals surface area contributed by atoms with Crippen LogP contribution in [0.4, 0.5) is 4.39 Å². The molecule has 0 saturated carbocycles. The Kier molecular flexibility index (Phi) is 4.51. The second-order valence-corrected chi connectivity index (χ2v) is 4.78. The van der Waals surface area contributed by atoms with Crippen LogP contribution in [0.3, 0.4) is 0 Å². The van der Waals surface area contributed by atoms with Gasteiger partial charge >= 0.3 is 0 Å². The van der Waals surface area contributed by atoms with Gasteiger partial charge in [-0.3, -0.25) is 0 Å². The Hall–Kier alpha value is -1.45. The number of hydrogen-bond donors (Lipinski definition) is 1. The van der Waals surface area contributed by atoms with Gasteiger partial charge in [0.1, 0.15) is 11.6 Å². The van der Waals surface area contributed by atoms with E-state index in [4.69, 9.17) is 27.9 Å². The van der Waals surface area contributed by atoms with E-state index in [9.17, 15) is 9.50 Å². The van der Waals surface area contributed by atoms with Gasteiger partial charge in [-0.05, 0) is 17.7 Å². The number of rotatable bonds is 4. The molecule has 0 amide bonds. The van der Waals surface area contributed by atoms with Crippen LogP contribution >= 0.6 is 23.2 Å². The number of aromatic hydroxyl groups is 1. The molecule has 1 N–H and O–H groups in total. The lowest BCUT2D eigenvalue weighted by molar-refractivity contribution is 0.321. The number of phenolic OH excluding ortho intramolecular Hbond substituents is 1. The second kappa shape index (κ2) is 6.13. The fourth-order valence-corrected chi connectivity index (χ4v) is 2.19. The molecule has 2 rings (SSSR count). The quantitative estimate of drug-likeness (QED) is 0.903. The van der Waals surface area contributed by atoms with E-state index in [1.807, 2.05) is 0 Å². The van der Waals surface area contributed by atoms with Gasteiger partial charge in [0.2, 0.25) is 0 Å². The highest BCUT2D eigenvalue weighted by Crippen LogP contribution is 2.36. The third-order valence-electron chi connectivity index (χ3n) is 2.53. The maximum atomic E-state index is 12.7. The fourth-order valence-electron chi connectivity index (χ4n) is 1.61. The Morgan fingerprint density at radius 3 is 2.21 bits per heavy atom. The first-order valence-electron chi connectivity index (χ1n) is 5.61. The van der Waals surface area contributed by atoms with Gasteiger partial charge in [0, 0.05) is 18.6 Å². The molecule has 0 aliphatic carbocycles. The molecule has 2 aromatic rings. The van der Waals surface area contributed by atoms with Crippen LogP contribution < -0.4 is 4.74 Å². The topological polar surface area (TPSA) is 29.5 Å². The van der Waals surface area contributed by atoms with Gasteiger partial charge in [0.15, 0.2) is 5.75 Å². The summed E-state index contributed by atoms with van der Waals surface area (Å²) >= 11 is 11.8. The second-order valence-electron chi connectivity index (χ2n) is 3.96. The van der Waals surface area contributed by atoms with Gasteiger partial charge in [0.25, 0.3) is 0 Å². The molecule has 0 aliphatic rings. The minimum atomic E-state index is -0.269. The van der Waals surface area contributed by atoms with E-state index in [1.54, 1.807) is 12.1 Å². The van der Waals surface area contributed by atoms with Crippen LogP contribution in [0.1, 0.15) is 5.56 Å². The zero-order valence-electron chi connectivity index (χ0n) is 9.87. The Bertz CT molecular complexity index is 547. The number of hydrogen-bond acceptors (Lipinski definition) is 2. The highest BCUT2D eigenvalue weighted by molar-refractivity contribution is 6.37. The molecule has 0 heterocycles. The summed E-state index contributed by atoms with van der Waals surface area (Å²) in [7, 11) is 0. The minimum absolute atomic E-state index is 0.0131. The van der Waals surface area contributed by atoms with Crippen LogP contribution in [-0.4, -0.2) is 11.7 Å². The fraction of sp³-hybridized carbons (Fsp3) is 0.143. The molecular formula is C14H11Cl2FO2. The van der Waals surface area contributed by atoms with Gasteiger partial charge in [-0.25, -0.2) is 4.39 Å². The van der Waals surface area contributed by atoms with E-state index in [0.29, 0.717) is 18.8 Å². The van der Waals surface area contributed by atoms with Crippen molar-refractivity contribution in [1.29, 1.82) is 0 Å². The van der Waals surface area contributed by atoms with E-state index in [2.05, 4.69) is 0 Å². The molecule has 0 fully saturated rings. The van der Waals surface area contributed by atoms with E-state index in [1.165, 1.54) is 24.3 Å². The van der Waals surface area contributed by atoms with Crippen molar-refractivity contribution in [1.82, 2.24) is 0 Å². The summed E-state index contributed by atoms with van der Waals surface area (Å²) in [6.07, 6.45) is 0.605. The molecule has 100 valence electrons. The van der Waals surface area contributed by atoms with E-state index in [-0.39, 0.29) is 21.6 Å². The monoisotopic (exact) mass is 300 g/mol. The lowest BCUT2D eigenvalue weighted by atomic mass is 10.2. The van der Waals surface area contributed by atoms with Crippen molar-refractivity contribution in [3.05, 3.63) is 57.8 Å². The molecule has 0 spiro atoms. The van der Waals surface area contributed by atoms with Crippen molar-refractivity contribution >= 4 is 23.2 Å². The summed E-state index contributed by atoms with van der Waals surface area (Å²) in [5.74, 6) is 0.0541. The molecule has 0 saturated heterocycles. The average molecular weight is 301 g/mol. The summed E-state index contributed by atoms with van der Waals surface area (Å²) in [5, 5.41) is 9.80. The lowest BCUT2D eigenvalue weighted by Crippen LogP contribution is -2.02. The number of ether oxygens (including phenoxy) is 1. The number of benzene rings is 2. The SMILES string of the molecule is Oc1cc(Cl)c(OCCc2ccc(F)cc2)c(Cl)c1. The van der Waals surface area contributed by atoms with Crippen molar-refractivity contribution in [2.75, 3.05) is 6.61 Å². The van der Waals surface area contributed by atoms with Gasteiger partial charge in [0.05, 0.1) is 16.7 Å². The molecule has 2 nitrogen and oxygen atoms in total. The van der Waals surface area contributed by atoms with Crippen LogP contribution in [0.2, 0.25) is 10.0 Å². The van der Waals surface area contributed by atoms with Gasteiger partial charge < -0.3 is 9.84 Å². The van der Waals surface area contributed by atoms with Crippen LogP contribution in [0.15, 0.2) is 36.4 Å². The average Bonchev–Trinajstić information content (AvgIpc) is 2.34. The smallest absolute Gasteiger partial charge is 0.156 e. The van der Waals surface area contributed by atoms with Crippen LogP contribution in [0.5, 0.6) is 11.5 Å². The van der Waals surface area contributed by atoms with Crippen molar-refractivity contribution < 1.29 is 14.2 Å². The molecule has 0 aliphatic heterocycles. The summed E-state index contributed by atoms with van der Waals surface area (Å²) in [4.78, 5) is 0. The predicted molar refractivity (Wildman–Crippen MR) is 73.7 cm³/mol. The van der Waals surface area contributed by atoms with E-state index >= 15 is 0 Å².